The molecule has 1 amide bonds. The molecule has 1 aliphatic carbocycles. The Labute approximate surface area is 169 Å². The molecule has 0 aliphatic heterocycles. The summed E-state index contributed by atoms with van der Waals surface area (Å²) in [6.45, 7) is 0. The maximum absolute atomic E-state index is 12.6. The Hall–Kier alpha value is -0.970. The first kappa shape index (κ1) is 18.8. The molecule has 2 aromatic carbocycles. The van der Waals surface area contributed by atoms with Crippen molar-refractivity contribution in [1.82, 2.24) is 0 Å². The summed E-state index contributed by atoms with van der Waals surface area (Å²) in [4.78, 5) is 23.4. The van der Waals surface area contributed by atoms with Gasteiger partial charge in [0, 0.05) is 27.2 Å². The van der Waals surface area contributed by atoms with Crippen LogP contribution >= 0.6 is 58.0 Å². The molecule has 25 heavy (non-hydrogen) atoms. The van der Waals surface area contributed by atoms with Crippen molar-refractivity contribution < 1.29 is 9.59 Å². The summed E-state index contributed by atoms with van der Waals surface area (Å²) in [5.41, 5.74) is 1.23. The first-order valence-corrected chi connectivity index (χ1v) is 8.95. The van der Waals surface area contributed by atoms with Crippen LogP contribution in [0.15, 0.2) is 36.4 Å². The van der Waals surface area contributed by atoms with Gasteiger partial charge in [0.25, 0.3) is 0 Å². The fourth-order valence-corrected chi connectivity index (χ4v) is 4.25. The van der Waals surface area contributed by atoms with Gasteiger partial charge in [-0.2, -0.15) is 0 Å². The molecule has 129 valence electrons. The smallest absolute Gasteiger partial charge is 0.235 e. The van der Waals surface area contributed by atoms with Crippen LogP contribution in [-0.4, -0.2) is 16.5 Å². The predicted octanol–water partition coefficient (Wildman–Crippen LogP) is 5.63. The number of benzene rings is 2. The van der Waals surface area contributed by atoms with Crippen LogP contribution in [0.4, 0.5) is 5.69 Å². The summed E-state index contributed by atoms with van der Waals surface area (Å²) in [6.07, 6.45) is 1.70. The summed E-state index contributed by atoms with van der Waals surface area (Å²) in [5, 5.41) is 3.79. The average molecular weight is 437 g/mol. The Morgan fingerprint density at radius 2 is 1.68 bits per heavy atom. The van der Waals surface area contributed by atoms with Gasteiger partial charge < -0.3 is 5.32 Å². The molecule has 1 fully saturated rings. The van der Waals surface area contributed by atoms with E-state index in [0.717, 1.165) is 0 Å². The van der Waals surface area contributed by atoms with E-state index in [9.17, 15) is 9.59 Å². The van der Waals surface area contributed by atoms with Crippen molar-refractivity contribution in [3.63, 3.8) is 0 Å². The largest absolute Gasteiger partial charge is 0.326 e. The zero-order valence-electron chi connectivity index (χ0n) is 12.3. The number of hydrogen-bond donors (Lipinski definition) is 1. The average Bonchev–Trinajstić information content (AvgIpc) is 3.11. The number of alkyl halides is 2. The Morgan fingerprint density at radius 1 is 1.04 bits per heavy atom. The molecule has 2 atom stereocenters. The maximum Gasteiger partial charge on any atom is 0.235 e. The Morgan fingerprint density at radius 3 is 2.28 bits per heavy atom. The normalized spacial score (nSPS) is 20.8. The van der Waals surface area contributed by atoms with Crippen molar-refractivity contribution in [2.75, 3.05) is 5.32 Å². The maximum atomic E-state index is 12.6. The highest BCUT2D eigenvalue weighted by molar-refractivity contribution is 6.53. The highest BCUT2D eigenvalue weighted by Crippen LogP contribution is 2.65. The van der Waals surface area contributed by atoms with Gasteiger partial charge in [-0.25, -0.2) is 0 Å². The Balaban J connectivity index is 1.82. The van der Waals surface area contributed by atoms with E-state index in [1.807, 2.05) is 0 Å². The second-order valence-corrected chi connectivity index (χ2v) is 8.34. The van der Waals surface area contributed by atoms with Gasteiger partial charge in [0.2, 0.25) is 12.2 Å². The van der Waals surface area contributed by atoms with E-state index in [1.54, 1.807) is 30.6 Å². The number of anilines is 1. The lowest BCUT2D eigenvalue weighted by Crippen LogP contribution is -2.17. The number of nitrogens with one attached hydrogen (secondary N) is 1. The van der Waals surface area contributed by atoms with Gasteiger partial charge in [0.05, 0.1) is 10.9 Å². The summed E-state index contributed by atoms with van der Waals surface area (Å²) < 4.78 is -1.27. The van der Waals surface area contributed by atoms with E-state index >= 15 is 0 Å². The van der Waals surface area contributed by atoms with Crippen LogP contribution in [0.3, 0.4) is 0 Å². The molecule has 2 unspecified atom stereocenters. The molecule has 0 bridgehead atoms. The van der Waals surface area contributed by atoms with E-state index in [-0.39, 0.29) is 16.5 Å². The van der Waals surface area contributed by atoms with Gasteiger partial charge in [-0.15, -0.1) is 23.2 Å². The van der Waals surface area contributed by atoms with Crippen molar-refractivity contribution >= 4 is 75.9 Å². The summed E-state index contributed by atoms with van der Waals surface area (Å²) in [5.74, 6) is -1.52. The van der Waals surface area contributed by atoms with E-state index in [2.05, 4.69) is 5.32 Å². The lowest BCUT2D eigenvalue weighted by Gasteiger charge is -2.06. The molecule has 8 heteroatoms. The molecule has 2 aromatic rings. The van der Waals surface area contributed by atoms with Crippen LogP contribution in [0.25, 0.3) is 0 Å². The zero-order valence-corrected chi connectivity index (χ0v) is 16.1. The van der Waals surface area contributed by atoms with Crippen LogP contribution in [0.2, 0.25) is 15.1 Å². The van der Waals surface area contributed by atoms with Gasteiger partial charge >= 0.3 is 0 Å². The van der Waals surface area contributed by atoms with E-state index in [1.165, 1.54) is 12.1 Å². The predicted molar refractivity (Wildman–Crippen MR) is 102 cm³/mol. The van der Waals surface area contributed by atoms with Gasteiger partial charge in [-0.3, -0.25) is 9.59 Å². The highest BCUT2D eigenvalue weighted by Gasteiger charge is 2.67. The summed E-state index contributed by atoms with van der Waals surface area (Å²) in [6, 6.07) is 9.41. The number of carbonyl (C=O) groups excluding carboxylic acids is 2. The molecule has 1 saturated carbocycles. The number of halogens is 5. The summed E-state index contributed by atoms with van der Waals surface area (Å²) >= 11 is 30.4. The van der Waals surface area contributed by atoms with Crippen LogP contribution in [0, 0.1) is 5.92 Å². The topological polar surface area (TPSA) is 46.2 Å². The van der Waals surface area contributed by atoms with Crippen LogP contribution in [-0.2, 0) is 9.59 Å². The zero-order chi connectivity index (χ0) is 18.4. The molecule has 1 radical (unpaired) electrons. The highest BCUT2D eigenvalue weighted by atomic mass is 35.5. The molecule has 0 spiro atoms. The minimum absolute atomic E-state index is 0.149. The number of hydrogen-bond acceptors (Lipinski definition) is 2. The fourth-order valence-electron chi connectivity index (χ4n) is 2.72. The molecular weight excluding hydrogens is 427 g/mol. The first-order chi connectivity index (χ1) is 11.7. The van der Waals surface area contributed by atoms with Crippen LogP contribution < -0.4 is 5.32 Å². The Bertz CT molecular complexity index is 848. The SMILES string of the molecule is O=[C]c1cc(NC(=O)C2C(c3cc(Cl)cc(Cl)c3)C2(Cl)Cl)ccc1Cl. The number of rotatable bonds is 4. The third-order valence-electron chi connectivity index (χ3n) is 3.92. The summed E-state index contributed by atoms with van der Waals surface area (Å²) in [7, 11) is 0. The first-order valence-electron chi connectivity index (χ1n) is 7.06. The van der Waals surface area contributed by atoms with Crippen LogP contribution in [0.1, 0.15) is 17.0 Å². The quantitative estimate of drug-likeness (QED) is 0.632. The van der Waals surface area contributed by atoms with Crippen molar-refractivity contribution in [2.24, 2.45) is 5.92 Å². The van der Waals surface area contributed by atoms with E-state index in [4.69, 9.17) is 58.0 Å². The minimum atomic E-state index is -1.27. The van der Waals surface area contributed by atoms with E-state index < -0.39 is 16.2 Å². The van der Waals surface area contributed by atoms with Crippen molar-refractivity contribution in [3.05, 3.63) is 62.6 Å². The van der Waals surface area contributed by atoms with Crippen molar-refractivity contribution in [1.29, 1.82) is 0 Å². The second-order valence-electron chi connectivity index (χ2n) is 5.62. The van der Waals surface area contributed by atoms with Gasteiger partial charge in [-0.05, 0) is 42.0 Å². The van der Waals surface area contributed by atoms with Gasteiger partial charge in [0.1, 0.15) is 4.33 Å². The Kier molecular flexibility index (Phi) is 5.25. The van der Waals surface area contributed by atoms with Crippen molar-refractivity contribution in [3.8, 4) is 0 Å². The number of carbonyl (C=O) groups is 1. The molecule has 1 N–H and O–H groups in total. The molecule has 0 heterocycles. The minimum Gasteiger partial charge on any atom is -0.326 e. The molecular formula is C17H9Cl5NO2. The molecule has 3 nitrogen and oxygen atoms in total. The molecule has 1 aliphatic rings. The monoisotopic (exact) mass is 434 g/mol. The fraction of sp³-hybridized carbons (Fsp3) is 0.176. The van der Waals surface area contributed by atoms with E-state index in [0.29, 0.717) is 21.3 Å². The lowest BCUT2D eigenvalue weighted by molar-refractivity contribution is -0.117. The second kappa shape index (κ2) is 6.98. The molecule has 0 saturated heterocycles. The number of amides is 1. The third kappa shape index (κ3) is 3.76. The standard InChI is InChI=1S/C17H9Cl5NO2/c18-10-3-8(4-11(19)6-10)14-15(17(14,21)22)16(25)23-12-1-2-13(20)9(5-12)7-24/h1-6,14-15H,(H,23,25). The molecule has 0 aromatic heterocycles. The van der Waals surface area contributed by atoms with Crippen LogP contribution in [0.5, 0.6) is 0 Å². The van der Waals surface area contributed by atoms with Crippen molar-refractivity contribution in [2.45, 2.75) is 10.3 Å². The van der Waals surface area contributed by atoms with Gasteiger partial charge in [-0.1, -0.05) is 34.8 Å². The molecule has 3 rings (SSSR count). The lowest BCUT2D eigenvalue weighted by atomic mass is 10.1. The third-order valence-corrected chi connectivity index (χ3v) is 5.63. The van der Waals surface area contributed by atoms with Gasteiger partial charge in [0.15, 0.2) is 0 Å².